The summed E-state index contributed by atoms with van der Waals surface area (Å²) in [5.74, 6) is 0.164. The lowest BCUT2D eigenvalue weighted by Crippen LogP contribution is -2.03. The lowest BCUT2D eigenvalue weighted by atomic mass is 10.1. The second kappa shape index (κ2) is 3.96. The summed E-state index contributed by atoms with van der Waals surface area (Å²) in [4.78, 5) is 15.9. The standard InChI is InChI=1S/C11H9NO3/c1-14-11-9(3-2-5-12-11)10(13)8-4-6-15-7-8/h2-7H,1H3. The molecule has 2 heterocycles. The van der Waals surface area contributed by atoms with Gasteiger partial charge < -0.3 is 9.15 Å². The van der Waals surface area contributed by atoms with Gasteiger partial charge in [-0.3, -0.25) is 4.79 Å². The molecular formula is C11H9NO3. The quantitative estimate of drug-likeness (QED) is 0.715. The van der Waals surface area contributed by atoms with Crippen molar-refractivity contribution >= 4 is 5.78 Å². The first-order valence-electron chi connectivity index (χ1n) is 4.39. The molecule has 0 aliphatic heterocycles. The summed E-state index contributed by atoms with van der Waals surface area (Å²) in [6, 6.07) is 4.96. The summed E-state index contributed by atoms with van der Waals surface area (Å²) >= 11 is 0. The number of hydrogen-bond acceptors (Lipinski definition) is 4. The summed E-state index contributed by atoms with van der Waals surface area (Å²) in [7, 11) is 1.48. The van der Waals surface area contributed by atoms with Crippen LogP contribution in [0.5, 0.6) is 5.88 Å². The van der Waals surface area contributed by atoms with Crippen LogP contribution in [-0.4, -0.2) is 17.9 Å². The maximum Gasteiger partial charge on any atom is 0.224 e. The number of carbonyl (C=O) groups is 1. The molecular weight excluding hydrogens is 194 g/mol. The largest absolute Gasteiger partial charge is 0.480 e. The van der Waals surface area contributed by atoms with E-state index in [1.54, 1.807) is 24.4 Å². The summed E-state index contributed by atoms with van der Waals surface area (Å²) in [6.45, 7) is 0. The molecule has 0 bridgehead atoms. The first-order chi connectivity index (χ1) is 7.33. The van der Waals surface area contributed by atoms with E-state index in [1.807, 2.05) is 0 Å². The third-order valence-electron chi connectivity index (χ3n) is 1.99. The predicted molar refractivity (Wildman–Crippen MR) is 52.9 cm³/mol. The fourth-order valence-electron chi connectivity index (χ4n) is 1.28. The number of ketones is 1. The van der Waals surface area contributed by atoms with Gasteiger partial charge in [0.15, 0.2) is 0 Å². The summed E-state index contributed by atoms with van der Waals surface area (Å²) < 4.78 is 9.85. The van der Waals surface area contributed by atoms with Crippen LogP contribution in [0.15, 0.2) is 41.3 Å². The highest BCUT2D eigenvalue weighted by Gasteiger charge is 2.15. The number of carbonyl (C=O) groups excluding carboxylic acids is 1. The Morgan fingerprint density at radius 2 is 2.33 bits per heavy atom. The number of aromatic nitrogens is 1. The molecule has 0 N–H and O–H groups in total. The Morgan fingerprint density at radius 3 is 3.00 bits per heavy atom. The van der Waals surface area contributed by atoms with Gasteiger partial charge in [0.1, 0.15) is 6.26 Å². The fourth-order valence-corrected chi connectivity index (χ4v) is 1.28. The fraction of sp³-hybridized carbons (Fsp3) is 0.0909. The summed E-state index contributed by atoms with van der Waals surface area (Å²) in [5.41, 5.74) is 0.919. The minimum absolute atomic E-state index is 0.159. The highest BCUT2D eigenvalue weighted by molar-refractivity contribution is 6.10. The molecule has 4 heteroatoms. The van der Waals surface area contributed by atoms with Gasteiger partial charge in [0.05, 0.1) is 24.5 Å². The van der Waals surface area contributed by atoms with Gasteiger partial charge in [0, 0.05) is 6.20 Å². The number of pyridine rings is 1. The molecule has 0 unspecified atom stereocenters. The van der Waals surface area contributed by atoms with Crippen molar-refractivity contribution in [2.24, 2.45) is 0 Å². The Balaban J connectivity index is 2.42. The van der Waals surface area contributed by atoms with Crippen molar-refractivity contribution in [3.63, 3.8) is 0 Å². The lowest BCUT2D eigenvalue weighted by Gasteiger charge is -2.03. The van der Waals surface area contributed by atoms with Gasteiger partial charge in [0.25, 0.3) is 0 Å². The van der Waals surface area contributed by atoms with Crippen LogP contribution in [-0.2, 0) is 0 Å². The molecule has 4 nitrogen and oxygen atoms in total. The second-order valence-corrected chi connectivity index (χ2v) is 2.90. The van der Waals surface area contributed by atoms with Gasteiger partial charge in [-0.2, -0.15) is 0 Å². The molecule has 0 radical (unpaired) electrons. The van der Waals surface area contributed by atoms with E-state index in [2.05, 4.69) is 4.98 Å². The molecule has 0 fully saturated rings. The molecule has 2 aromatic rings. The van der Waals surface area contributed by atoms with E-state index in [1.165, 1.54) is 19.6 Å². The Labute approximate surface area is 86.5 Å². The minimum Gasteiger partial charge on any atom is -0.480 e. The molecule has 2 aromatic heterocycles. The molecule has 0 saturated carbocycles. The maximum atomic E-state index is 11.9. The van der Waals surface area contributed by atoms with Crippen LogP contribution in [0.1, 0.15) is 15.9 Å². The van der Waals surface area contributed by atoms with Gasteiger partial charge in [-0.25, -0.2) is 4.98 Å². The van der Waals surface area contributed by atoms with Crippen molar-refractivity contribution in [3.8, 4) is 5.88 Å². The number of rotatable bonds is 3. The smallest absolute Gasteiger partial charge is 0.224 e. The average Bonchev–Trinajstić information content (AvgIpc) is 2.81. The minimum atomic E-state index is -0.159. The Morgan fingerprint density at radius 1 is 1.47 bits per heavy atom. The van der Waals surface area contributed by atoms with E-state index >= 15 is 0 Å². The van der Waals surface area contributed by atoms with Crippen LogP contribution in [0.2, 0.25) is 0 Å². The van der Waals surface area contributed by atoms with Crippen LogP contribution in [0.3, 0.4) is 0 Å². The molecule has 0 aliphatic carbocycles. The molecule has 0 saturated heterocycles. The van der Waals surface area contributed by atoms with Crippen LogP contribution < -0.4 is 4.74 Å². The van der Waals surface area contributed by atoms with Crippen LogP contribution in [0, 0.1) is 0 Å². The van der Waals surface area contributed by atoms with Gasteiger partial charge in [-0.05, 0) is 18.2 Å². The summed E-state index contributed by atoms with van der Waals surface area (Å²) in [6.07, 6.45) is 4.43. The SMILES string of the molecule is COc1ncccc1C(=O)c1ccoc1. The average molecular weight is 203 g/mol. The highest BCUT2D eigenvalue weighted by Crippen LogP contribution is 2.18. The molecule has 0 amide bonds. The van der Waals surface area contributed by atoms with Crippen molar-refractivity contribution in [1.29, 1.82) is 0 Å². The predicted octanol–water partition coefficient (Wildman–Crippen LogP) is 1.91. The molecule has 0 atom stereocenters. The van der Waals surface area contributed by atoms with E-state index in [9.17, 15) is 4.79 Å². The number of hydrogen-bond donors (Lipinski definition) is 0. The van der Waals surface area contributed by atoms with Gasteiger partial charge in [-0.1, -0.05) is 0 Å². The maximum absolute atomic E-state index is 11.9. The summed E-state index contributed by atoms with van der Waals surface area (Å²) in [5, 5.41) is 0. The Hall–Kier alpha value is -2.10. The third kappa shape index (κ3) is 1.74. The van der Waals surface area contributed by atoms with Crippen LogP contribution in [0.25, 0.3) is 0 Å². The molecule has 0 spiro atoms. The lowest BCUT2D eigenvalue weighted by molar-refractivity contribution is 0.103. The molecule has 15 heavy (non-hydrogen) atoms. The molecule has 2 rings (SSSR count). The Kier molecular flexibility index (Phi) is 2.49. The zero-order chi connectivity index (χ0) is 10.7. The molecule has 0 aliphatic rings. The van der Waals surface area contributed by atoms with Crippen molar-refractivity contribution in [2.75, 3.05) is 7.11 Å². The van der Waals surface area contributed by atoms with Gasteiger partial charge in [0.2, 0.25) is 11.7 Å². The van der Waals surface area contributed by atoms with E-state index in [4.69, 9.17) is 9.15 Å². The first kappa shape index (κ1) is 9.45. The van der Waals surface area contributed by atoms with E-state index in [-0.39, 0.29) is 5.78 Å². The monoisotopic (exact) mass is 203 g/mol. The Bertz CT molecular complexity index is 462. The van der Waals surface area contributed by atoms with Crippen LogP contribution in [0.4, 0.5) is 0 Å². The zero-order valence-electron chi connectivity index (χ0n) is 8.14. The number of ether oxygens (including phenoxy) is 1. The highest BCUT2D eigenvalue weighted by atomic mass is 16.5. The number of furan rings is 1. The van der Waals surface area contributed by atoms with Crippen molar-refractivity contribution in [2.45, 2.75) is 0 Å². The third-order valence-corrected chi connectivity index (χ3v) is 1.99. The van der Waals surface area contributed by atoms with Crippen molar-refractivity contribution in [3.05, 3.63) is 48.0 Å². The van der Waals surface area contributed by atoms with Crippen molar-refractivity contribution in [1.82, 2.24) is 4.98 Å². The normalized spacial score (nSPS) is 9.93. The number of nitrogens with zero attached hydrogens (tertiary/aromatic N) is 1. The topological polar surface area (TPSA) is 52.3 Å². The van der Waals surface area contributed by atoms with E-state index in [0.29, 0.717) is 17.0 Å². The van der Waals surface area contributed by atoms with E-state index < -0.39 is 0 Å². The molecule has 0 aromatic carbocycles. The zero-order valence-corrected chi connectivity index (χ0v) is 8.14. The van der Waals surface area contributed by atoms with Crippen LogP contribution >= 0.6 is 0 Å². The number of methoxy groups -OCH3 is 1. The van der Waals surface area contributed by atoms with E-state index in [0.717, 1.165) is 0 Å². The first-order valence-corrected chi connectivity index (χ1v) is 4.39. The van der Waals surface area contributed by atoms with Gasteiger partial charge in [-0.15, -0.1) is 0 Å². The van der Waals surface area contributed by atoms with Gasteiger partial charge >= 0.3 is 0 Å². The van der Waals surface area contributed by atoms with Crippen molar-refractivity contribution < 1.29 is 13.9 Å². The molecule has 76 valence electrons. The second-order valence-electron chi connectivity index (χ2n) is 2.90.